The molecule has 0 radical (unpaired) electrons. The van der Waals surface area contributed by atoms with Crippen molar-refractivity contribution in [3.8, 4) is 5.75 Å². The molecule has 9 nitrogen and oxygen atoms in total. The summed E-state index contributed by atoms with van der Waals surface area (Å²) in [6, 6.07) is 7.48. The van der Waals surface area contributed by atoms with Crippen LogP contribution in [-0.2, 0) is 16.0 Å². The lowest BCUT2D eigenvalue weighted by molar-refractivity contribution is -0.115. The summed E-state index contributed by atoms with van der Waals surface area (Å²) >= 11 is 5.92. The third-order valence-corrected chi connectivity index (χ3v) is 4.77. The van der Waals surface area contributed by atoms with Crippen LogP contribution < -0.4 is 16.0 Å². The Morgan fingerprint density at radius 3 is 2.47 bits per heavy atom. The summed E-state index contributed by atoms with van der Waals surface area (Å²) in [6.45, 7) is 9.29. The number of alkyl carbamates (subject to hydrolysis) is 1. The predicted octanol–water partition coefficient (Wildman–Crippen LogP) is 4.05. The summed E-state index contributed by atoms with van der Waals surface area (Å²) in [5.74, 6) is -0.841. The minimum Gasteiger partial charge on any atom is -0.508 e. The van der Waals surface area contributed by atoms with E-state index in [4.69, 9.17) is 16.3 Å². The molecule has 3 amide bonds. The molecule has 0 spiro atoms. The highest BCUT2D eigenvalue weighted by atomic mass is 35.5. The second kappa shape index (κ2) is 11.2. The van der Waals surface area contributed by atoms with Crippen LogP contribution in [0.2, 0.25) is 5.02 Å². The Morgan fingerprint density at radius 1 is 1.09 bits per heavy atom. The average molecular weight is 491 g/mol. The summed E-state index contributed by atoms with van der Waals surface area (Å²) < 4.78 is 5.20. The monoisotopic (exact) mass is 490 g/mol. The van der Waals surface area contributed by atoms with Gasteiger partial charge in [0.1, 0.15) is 17.0 Å². The first-order valence-corrected chi connectivity index (χ1v) is 11.1. The Labute approximate surface area is 204 Å². The van der Waals surface area contributed by atoms with Crippen LogP contribution in [0.15, 0.2) is 36.5 Å². The Morgan fingerprint density at radius 2 is 1.79 bits per heavy atom. The van der Waals surface area contributed by atoms with Gasteiger partial charge in [-0.25, -0.2) is 4.79 Å². The van der Waals surface area contributed by atoms with Gasteiger partial charge >= 0.3 is 6.09 Å². The first-order chi connectivity index (χ1) is 15.7. The Hall–Kier alpha value is -3.33. The molecule has 184 valence electrons. The van der Waals surface area contributed by atoms with E-state index in [1.54, 1.807) is 26.8 Å². The molecule has 2 rings (SSSR count). The van der Waals surface area contributed by atoms with Crippen molar-refractivity contribution in [2.45, 2.75) is 58.6 Å². The lowest BCUT2D eigenvalue weighted by Gasteiger charge is -2.27. The number of carbonyl (C=O) groups is 3. The standard InChI is InChI=1S/C24H31ClN4O5/c1-23(2,3)34-22(33)27-11-9-24(4,5)29-21(32)18-14-17(8-10-26-18)28-20(31)13-15-12-16(25)6-7-19(15)30/h6-8,10,12,14,30H,9,11,13H2,1-5H3,(H,27,33)(H,29,32)(H,26,28,31). The minimum atomic E-state index is -0.642. The molecule has 0 aliphatic heterocycles. The van der Waals surface area contributed by atoms with Gasteiger partial charge in [-0.1, -0.05) is 11.6 Å². The van der Waals surface area contributed by atoms with E-state index in [1.807, 2.05) is 13.8 Å². The number of nitrogens with zero attached hydrogens (tertiary/aromatic N) is 1. The topological polar surface area (TPSA) is 130 Å². The fourth-order valence-electron chi connectivity index (χ4n) is 2.93. The normalized spacial score (nSPS) is 11.5. The van der Waals surface area contributed by atoms with Gasteiger partial charge in [0.05, 0.1) is 6.42 Å². The molecule has 4 N–H and O–H groups in total. The number of amides is 3. The summed E-state index contributed by atoms with van der Waals surface area (Å²) in [4.78, 5) is 41.0. The van der Waals surface area contributed by atoms with Crippen LogP contribution in [0.1, 0.15) is 57.1 Å². The lowest BCUT2D eigenvalue weighted by atomic mass is 10.0. The molecule has 1 heterocycles. The van der Waals surface area contributed by atoms with E-state index in [2.05, 4.69) is 20.9 Å². The molecule has 0 bridgehead atoms. The lowest BCUT2D eigenvalue weighted by Crippen LogP contribution is -2.46. The molecule has 0 aliphatic rings. The van der Waals surface area contributed by atoms with E-state index in [9.17, 15) is 19.5 Å². The number of hydrogen-bond donors (Lipinski definition) is 4. The first kappa shape index (κ1) is 26.9. The van der Waals surface area contributed by atoms with Crippen molar-refractivity contribution in [3.63, 3.8) is 0 Å². The van der Waals surface area contributed by atoms with Crippen LogP contribution >= 0.6 is 11.6 Å². The number of benzene rings is 1. The van der Waals surface area contributed by atoms with Crippen LogP contribution in [0.3, 0.4) is 0 Å². The van der Waals surface area contributed by atoms with E-state index in [0.717, 1.165) is 0 Å². The molecule has 10 heteroatoms. The number of ether oxygens (including phenoxy) is 1. The van der Waals surface area contributed by atoms with Crippen molar-refractivity contribution < 1.29 is 24.2 Å². The van der Waals surface area contributed by atoms with Gasteiger partial charge in [-0.15, -0.1) is 0 Å². The highest BCUT2D eigenvalue weighted by Crippen LogP contribution is 2.22. The van der Waals surface area contributed by atoms with Gasteiger partial charge in [0.15, 0.2) is 0 Å². The Kier molecular flexibility index (Phi) is 8.86. The van der Waals surface area contributed by atoms with Crippen molar-refractivity contribution in [3.05, 3.63) is 52.8 Å². The molecule has 0 saturated heterocycles. The second-order valence-electron chi connectivity index (χ2n) is 9.44. The molecule has 0 fully saturated rings. The number of anilines is 1. The van der Waals surface area contributed by atoms with Crippen LogP contribution in [-0.4, -0.2) is 45.7 Å². The van der Waals surface area contributed by atoms with Gasteiger partial charge in [-0.05, 0) is 71.4 Å². The summed E-state index contributed by atoms with van der Waals surface area (Å²) in [7, 11) is 0. The molecule has 0 aliphatic carbocycles. The zero-order valence-corrected chi connectivity index (χ0v) is 20.7. The number of halogens is 1. The summed E-state index contributed by atoms with van der Waals surface area (Å²) in [6.07, 6.45) is 1.26. The highest BCUT2D eigenvalue weighted by molar-refractivity contribution is 6.30. The third-order valence-electron chi connectivity index (χ3n) is 4.54. The van der Waals surface area contributed by atoms with E-state index >= 15 is 0 Å². The van der Waals surface area contributed by atoms with Crippen LogP contribution in [0, 0.1) is 0 Å². The first-order valence-electron chi connectivity index (χ1n) is 10.8. The molecule has 1 aromatic heterocycles. The zero-order valence-electron chi connectivity index (χ0n) is 20.0. The number of phenolic OH excluding ortho intramolecular Hbond substituents is 1. The van der Waals surface area contributed by atoms with Gasteiger partial charge < -0.3 is 25.8 Å². The molecule has 34 heavy (non-hydrogen) atoms. The average Bonchev–Trinajstić information content (AvgIpc) is 2.69. The van der Waals surface area contributed by atoms with Gasteiger partial charge in [0.2, 0.25) is 5.91 Å². The summed E-state index contributed by atoms with van der Waals surface area (Å²) in [5.41, 5.74) is -0.336. The highest BCUT2D eigenvalue weighted by Gasteiger charge is 2.23. The summed E-state index contributed by atoms with van der Waals surface area (Å²) in [5, 5.41) is 18.5. The van der Waals surface area contributed by atoms with E-state index < -0.39 is 23.1 Å². The fourth-order valence-corrected chi connectivity index (χ4v) is 3.13. The van der Waals surface area contributed by atoms with Crippen LogP contribution in [0.25, 0.3) is 0 Å². The second-order valence-corrected chi connectivity index (χ2v) is 9.88. The largest absolute Gasteiger partial charge is 0.508 e. The van der Waals surface area contributed by atoms with Gasteiger partial charge in [0, 0.05) is 34.6 Å². The zero-order chi connectivity index (χ0) is 25.5. The maximum atomic E-state index is 12.7. The molecular formula is C24H31ClN4O5. The number of aromatic nitrogens is 1. The van der Waals surface area contributed by atoms with Crippen molar-refractivity contribution in [1.29, 1.82) is 0 Å². The number of pyridine rings is 1. The predicted molar refractivity (Wildman–Crippen MR) is 130 cm³/mol. The molecule has 0 atom stereocenters. The molecular weight excluding hydrogens is 460 g/mol. The van der Waals surface area contributed by atoms with Gasteiger partial charge in [-0.2, -0.15) is 0 Å². The number of nitrogens with one attached hydrogen (secondary N) is 3. The maximum Gasteiger partial charge on any atom is 0.407 e. The number of phenols is 1. The Balaban J connectivity index is 1.92. The quantitative estimate of drug-likeness (QED) is 0.441. The van der Waals surface area contributed by atoms with E-state index in [0.29, 0.717) is 29.2 Å². The fraction of sp³-hybridized carbons (Fsp3) is 0.417. The SMILES string of the molecule is CC(C)(CCNC(=O)OC(C)(C)C)NC(=O)c1cc(NC(=O)Cc2cc(Cl)ccc2O)ccn1. The molecule has 2 aromatic rings. The number of aromatic hydroxyl groups is 1. The molecule has 0 unspecified atom stereocenters. The van der Waals surface area contributed by atoms with Crippen molar-refractivity contribution >= 4 is 35.2 Å². The van der Waals surface area contributed by atoms with Gasteiger partial charge in [-0.3, -0.25) is 14.6 Å². The third kappa shape index (κ3) is 9.27. The minimum absolute atomic E-state index is 0.0299. The van der Waals surface area contributed by atoms with Crippen molar-refractivity contribution in [1.82, 2.24) is 15.6 Å². The molecule has 0 saturated carbocycles. The van der Waals surface area contributed by atoms with Crippen molar-refractivity contribution in [2.24, 2.45) is 0 Å². The van der Waals surface area contributed by atoms with Gasteiger partial charge in [0.25, 0.3) is 5.91 Å². The number of carbonyl (C=O) groups excluding carboxylic acids is 3. The van der Waals surface area contributed by atoms with Crippen LogP contribution in [0.4, 0.5) is 10.5 Å². The number of rotatable bonds is 8. The van der Waals surface area contributed by atoms with E-state index in [1.165, 1.54) is 30.5 Å². The smallest absolute Gasteiger partial charge is 0.407 e. The van der Waals surface area contributed by atoms with E-state index in [-0.39, 0.29) is 23.8 Å². The maximum absolute atomic E-state index is 12.7. The Bertz CT molecular complexity index is 1050. The van der Waals surface area contributed by atoms with Crippen molar-refractivity contribution in [2.75, 3.05) is 11.9 Å². The molecule has 1 aromatic carbocycles. The van der Waals surface area contributed by atoms with Crippen LogP contribution in [0.5, 0.6) is 5.75 Å². The number of hydrogen-bond acceptors (Lipinski definition) is 6.